The zero-order chi connectivity index (χ0) is 24.9. The van der Waals surface area contributed by atoms with Crippen molar-refractivity contribution in [3.63, 3.8) is 0 Å². The lowest BCUT2D eigenvalue weighted by atomic mass is 9.85. The van der Waals surface area contributed by atoms with E-state index in [1.807, 2.05) is 31.2 Å². The molecule has 7 nitrogen and oxygen atoms in total. The molecule has 0 bridgehead atoms. The van der Waals surface area contributed by atoms with Crippen molar-refractivity contribution in [1.82, 2.24) is 10.6 Å². The van der Waals surface area contributed by atoms with E-state index in [4.69, 9.17) is 14.6 Å². The highest BCUT2D eigenvalue weighted by Gasteiger charge is 2.27. The minimum atomic E-state index is -0.667. The van der Waals surface area contributed by atoms with Crippen molar-refractivity contribution in [2.45, 2.75) is 51.6 Å². The molecule has 0 aliphatic heterocycles. The van der Waals surface area contributed by atoms with Gasteiger partial charge in [-0.05, 0) is 56.4 Å². The van der Waals surface area contributed by atoms with E-state index in [2.05, 4.69) is 10.6 Å². The zero-order valence-electron chi connectivity index (χ0n) is 19.1. The van der Waals surface area contributed by atoms with E-state index in [0.717, 1.165) is 30.2 Å². The summed E-state index contributed by atoms with van der Waals surface area (Å²) in [6, 6.07) is 10.8. The molecule has 2 amide bonds. The maximum Gasteiger partial charge on any atom is 0.290 e. The van der Waals surface area contributed by atoms with Crippen molar-refractivity contribution in [1.29, 1.82) is 0 Å². The van der Waals surface area contributed by atoms with Crippen molar-refractivity contribution >= 4 is 18.3 Å². The summed E-state index contributed by atoms with van der Waals surface area (Å²) in [4.78, 5) is 33.1. The summed E-state index contributed by atoms with van der Waals surface area (Å²) in [6.07, 6.45) is 3.06. The van der Waals surface area contributed by atoms with Crippen LogP contribution in [-0.2, 0) is 27.3 Å². The fraction of sp³-hybridized carbons (Fsp3) is 0.400. The Morgan fingerprint density at radius 1 is 1.09 bits per heavy atom. The van der Waals surface area contributed by atoms with Crippen LogP contribution < -0.4 is 15.4 Å². The molecule has 1 aliphatic rings. The topological polar surface area (TPSA) is 105 Å². The van der Waals surface area contributed by atoms with Crippen LogP contribution in [0, 0.1) is 17.6 Å². The van der Waals surface area contributed by atoms with E-state index in [0.29, 0.717) is 25.9 Å². The van der Waals surface area contributed by atoms with Crippen molar-refractivity contribution in [3.05, 3.63) is 65.2 Å². The van der Waals surface area contributed by atoms with E-state index < -0.39 is 11.6 Å². The standard InChI is InChI=1S/C24H28F2N2O3.CH2O2/c1-2-31-21-11-3-16(4-12-21)13-23(29)28-20-9-6-17(7-10-20)24(30)27-15-18-5-8-19(25)14-22(18)26;2-1-3/h3-5,8,11-12,14,17,20H,2,6-7,9-10,13,15H2,1H3,(H,27,30)(H,28,29);1H,(H,2,3). The molecule has 3 N–H and O–H groups in total. The van der Waals surface area contributed by atoms with Gasteiger partial charge in [0.1, 0.15) is 17.4 Å². The van der Waals surface area contributed by atoms with Gasteiger partial charge in [-0.15, -0.1) is 0 Å². The maximum atomic E-state index is 13.7. The quantitative estimate of drug-likeness (QED) is 0.505. The molecule has 0 radical (unpaired) electrons. The van der Waals surface area contributed by atoms with Gasteiger partial charge >= 0.3 is 0 Å². The second-order valence-corrected chi connectivity index (χ2v) is 7.93. The molecule has 1 fully saturated rings. The summed E-state index contributed by atoms with van der Waals surface area (Å²) < 4.78 is 32.1. The van der Waals surface area contributed by atoms with Crippen LogP contribution in [-0.4, -0.2) is 36.0 Å². The van der Waals surface area contributed by atoms with E-state index in [-0.39, 0.29) is 42.4 Å². The third kappa shape index (κ3) is 8.80. The molecular weight excluding hydrogens is 446 g/mol. The first-order valence-electron chi connectivity index (χ1n) is 11.2. The van der Waals surface area contributed by atoms with Gasteiger partial charge in [0.05, 0.1) is 13.0 Å². The lowest BCUT2D eigenvalue weighted by molar-refractivity contribution is -0.126. The first-order valence-corrected chi connectivity index (χ1v) is 11.2. The molecular formula is C25H30F2N2O5. The highest BCUT2D eigenvalue weighted by molar-refractivity contribution is 5.80. The first kappa shape index (κ1) is 26.8. The third-order valence-corrected chi connectivity index (χ3v) is 5.53. The molecule has 0 spiro atoms. The average Bonchev–Trinajstić information content (AvgIpc) is 2.81. The molecule has 1 aliphatic carbocycles. The molecule has 34 heavy (non-hydrogen) atoms. The fourth-order valence-corrected chi connectivity index (χ4v) is 3.83. The Labute approximate surface area is 197 Å². The maximum absolute atomic E-state index is 13.7. The van der Waals surface area contributed by atoms with E-state index in [1.165, 1.54) is 12.1 Å². The Morgan fingerprint density at radius 3 is 2.32 bits per heavy atom. The number of carboxylic acid groups (broad SMARTS) is 1. The van der Waals surface area contributed by atoms with Crippen molar-refractivity contribution in [2.75, 3.05) is 6.61 Å². The van der Waals surface area contributed by atoms with Crippen molar-refractivity contribution in [2.24, 2.45) is 5.92 Å². The normalized spacial score (nSPS) is 17.0. The monoisotopic (exact) mass is 476 g/mol. The van der Waals surface area contributed by atoms with Crippen LogP contribution in [0.1, 0.15) is 43.7 Å². The van der Waals surface area contributed by atoms with Crippen molar-refractivity contribution < 1.29 is 33.0 Å². The van der Waals surface area contributed by atoms with Gasteiger partial charge in [0, 0.05) is 30.1 Å². The van der Waals surface area contributed by atoms with Gasteiger partial charge in [-0.1, -0.05) is 18.2 Å². The lowest BCUT2D eigenvalue weighted by Crippen LogP contribution is -2.41. The number of amides is 2. The minimum absolute atomic E-state index is 0.0314. The summed E-state index contributed by atoms with van der Waals surface area (Å²) in [6.45, 7) is 2.30. The fourth-order valence-electron chi connectivity index (χ4n) is 3.83. The first-order chi connectivity index (χ1) is 16.4. The summed E-state index contributed by atoms with van der Waals surface area (Å²) in [5, 5.41) is 12.7. The highest BCUT2D eigenvalue weighted by Crippen LogP contribution is 2.25. The van der Waals surface area contributed by atoms with Crippen LogP contribution in [0.25, 0.3) is 0 Å². The Bertz CT molecular complexity index is 945. The second kappa shape index (κ2) is 13.9. The number of carbonyl (C=O) groups is 3. The predicted octanol–water partition coefficient (Wildman–Crippen LogP) is 3.60. The van der Waals surface area contributed by atoms with Crippen LogP contribution in [0.2, 0.25) is 0 Å². The van der Waals surface area contributed by atoms with Gasteiger partial charge in [-0.3, -0.25) is 14.4 Å². The Kier molecular flexibility index (Phi) is 11.0. The minimum Gasteiger partial charge on any atom is -0.494 e. The Hall–Kier alpha value is -3.49. The molecule has 3 rings (SSSR count). The third-order valence-electron chi connectivity index (χ3n) is 5.53. The molecule has 0 unspecified atom stereocenters. The molecule has 0 heterocycles. The molecule has 0 atom stereocenters. The largest absolute Gasteiger partial charge is 0.494 e. The van der Waals surface area contributed by atoms with Gasteiger partial charge < -0.3 is 20.5 Å². The number of nitrogens with one attached hydrogen (secondary N) is 2. The zero-order valence-corrected chi connectivity index (χ0v) is 19.1. The van der Waals surface area contributed by atoms with Crippen molar-refractivity contribution in [3.8, 4) is 5.75 Å². The Morgan fingerprint density at radius 2 is 1.74 bits per heavy atom. The van der Waals surface area contributed by atoms with Crippen LogP contribution in [0.5, 0.6) is 5.75 Å². The molecule has 184 valence electrons. The summed E-state index contributed by atoms with van der Waals surface area (Å²) in [5.74, 6) is -0.866. The predicted molar refractivity (Wildman–Crippen MR) is 122 cm³/mol. The number of carbonyl (C=O) groups excluding carboxylic acids is 2. The number of halogens is 2. The average molecular weight is 477 g/mol. The van der Waals surface area contributed by atoms with Crippen LogP contribution in [0.15, 0.2) is 42.5 Å². The molecule has 0 saturated heterocycles. The Balaban J connectivity index is 0.00000129. The molecule has 2 aromatic carbocycles. The number of benzene rings is 2. The van der Waals surface area contributed by atoms with Gasteiger partial charge in [0.15, 0.2) is 0 Å². The number of rotatable bonds is 8. The van der Waals surface area contributed by atoms with E-state index in [1.54, 1.807) is 0 Å². The number of hydrogen-bond acceptors (Lipinski definition) is 4. The second-order valence-electron chi connectivity index (χ2n) is 7.93. The lowest BCUT2D eigenvalue weighted by Gasteiger charge is -2.28. The molecule has 1 saturated carbocycles. The van der Waals surface area contributed by atoms with Gasteiger partial charge in [-0.25, -0.2) is 8.78 Å². The van der Waals surface area contributed by atoms with Crippen LogP contribution in [0.3, 0.4) is 0 Å². The van der Waals surface area contributed by atoms with Crippen LogP contribution in [0.4, 0.5) is 8.78 Å². The molecule has 0 aromatic heterocycles. The summed E-state index contributed by atoms with van der Waals surface area (Å²) in [7, 11) is 0. The molecule has 2 aromatic rings. The SMILES string of the molecule is CCOc1ccc(CC(=O)NC2CCC(C(=O)NCc3ccc(F)cc3F)CC2)cc1.O=CO. The van der Waals surface area contributed by atoms with Gasteiger partial charge in [0.2, 0.25) is 11.8 Å². The molecule has 9 heteroatoms. The van der Waals surface area contributed by atoms with E-state index in [9.17, 15) is 18.4 Å². The summed E-state index contributed by atoms with van der Waals surface area (Å²) >= 11 is 0. The van der Waals surface area contributed by atoms with Crippen LogP contribution >= 0.6 is 0 Å². The number of ether oxygens (including phenoxy) is 1. The smallest absolute Gasteiger partial charge is 0.290 e. The highest BCUT2D eigenvalue weighted by atomic mass is 19.1. The number of hydrogen-bond donors (Lipinski definition) is 3. The summed E-state index contributed by atoms with van der Waals surface area (Å²) in [5.41, 5.74) is 1.17. The van der Waals surface area contributed by atoms with E-state index >= 15 is 0 Å². The van der Waals surface area contributed by atoms with Gasteiger partial charge in [-0.2, -0.15) is 0 Å². The van der Waals surface area contributed by atoms with Gasteiger partial charge in [0.25, 0.3) is 6.47 Å².